The molecule has 7 rings (SSSR count). The Kier molecular flexibility index (Phi) is 10.5. The van der Waals surface area contributed by atoms with Crippen molar-refractivity contribution >= 4 is 64.0 Å². The maximum absolute atomic E-state index is 14.5. The fraction of sp³-hybridized carbons (Fsp3) is 0.462. The second-order valence-corrected chi connectivity index (χ2v) is 15.0. The van der Waals surface area contributed by atoms with Gasteiger partial charge < -0.3 is 36.5 Å². The van der Waals surface area contributed by atoms with Crippen LogP contribution in [-0.2, 0) is 9.59 Å². The number of amides is 4. The number of anilines is 4. The molecule has 5 N–H and O–H groups in total. The molecule has 16 heteroatoms. The van der Waals surface area contributed by atoms with E-state index in [1.54, 1.807) is 30.3 Å². The average molecular weight is 751 g/mol. The number of nitrogens with one attached hydrogen (secondary N) is 1. The minimum absolute atomic E-state index is 0.0909. The summed E-state index contributed by atoms with van der Waals surface area (Å²) in [7, 11) is 5.70. The summed E-state index contributed by atoms with van der Waals surface area (Å²) in [6, 6.07) is 10.1. The minimum Gasteiger partial charge on any atom is -0.366 e. The van der Waals surface area contributed by atoms with Crippen LogP contribution in [0.15, 0.2) is 63.1 Å². The van der Waals surface area contributed by atoms with Crippen LogP contribution in [0.3, 0.4) is 0 Å². The second kappa shape index (κ2) is 15.3. The highest BCUT2D eigenvalue weighted by Gasteiger charge is 2.43. The quantitative estimate of drug-likeness (QED) is 0.418. The Morgan fingerprint density at radius 1 is 0.836 bits per heavy atom. The summed E-state index contributed by atoms with van der Waals surface area (Å²) in [6.07, 6.45) is 5.02. The van der Waals surface area contributed by atoms with E-state index < -0.39 is 17.9 Å². The number of hydrazone groups is 1. The van der Waals surface area contributed by atoms with Gasteiger partial charge in [0.05, 0.1) is 22.7 Å². The molecule has 290 valence electrons. The fourth-order valence-electron chi connectivity index (χ4n) is 8.43. The van der Waals surface area contributed by atoms with E-state index in [9.17, 15) is 19.2 Å². The van der Waals surface area contributed by atoms with Crippen LogP contribution in [-0.4, -0.2) is 111 Å². The van der Waals surface area contributed by atoms with Gasteiger partial charge in [-0.15, -0.1) is 0 Å². The maximum atomic E-state index is 14.5. The van der Waals surface area contributed by atoms with Crippen molar-refractivity contribution in [3.05, 3.63) is 59.2 Å². The van der Waals surface area contributed by atoms with E-state index in [0.717, 1.165) is 53.4 Å². The zero-order chi connectivity index (χ0) is 39.1. The van der Waals surface area contributed by atoms with Crippen molar-refractivity contribution in [2.24, 2.45) is 38.4 Å². The largest absolute Gasteiger partial charge is 0.366 e. The number of nitrogens with zero attached hydrogens (tertiary/aromatic N) is 9. The second-order valence-electron chi connectivity index (χ2n) is 15.0. The van der Waals surface area contributed by atoms with Crippen molar-refractivity contribution in [1.82, 2.24) is 15.4 Å². The van der Waals surface area contributed by atoms with Gasteiger partial charge in [-0.25, -0.2) is 10.0 Å². The smallest absolute Gasteiger partial charge is 0.272 e. The Morgan fingerprint density at radius 2 is 1.42 bits per heavy atom. The van der Waals surface area contributed by atoms with Crippen molar-refractivity contribution in [1.29, 1.82) is 0 Å². The molecular weight excluding hydrogens is 701 g/mol. The third kappa shape index (κ3) is 7.18. The van der Waals surface area contributed by atoms with Crippen molar-refractivity contribution in [3.63, 3.8) is 0 Å². The van der Waals surface area contributed by atoms with Crippen molar-refractivity contribution in [2.75, 3.05) is 73.5 Å². The van der Waals surface area contributed by atoms with E-state index >= 15 is 0 Å². The maximum Gasteiger partial charge on any atom is 0.272 e. The summed E-state index contributed by atoms with van der Waals surface area (Å²) in [4.78, 5) is 69.5. The number of nitrogens with two attached hydrogens (primary N) is 2. The highest BCUT2D eigenvalue weighted by molar-refractivity contribution is 6.21. The zero-order valence-electron chi connectivity index (χ0n) is 32.2. The molecule has 0 spiro atoms. The lowest BCUT2D eigenvalue weighted by Gasteiger charge is -2.30. The Labute approximate surface area is 321 Å². The Bertz CT molecular complexity index is 2040. The lowest BCUT2D eigenvalue weighted by Crippen LogP contribution is -2.46. The highest BCUT2D eigenvalue weighted by atomic mass is 16.2. The van der Waals surface area contributed by atoms with Crippen LogP contribution in [0.25, 0.3) is 0 Å². The fourth-order valence-corrected chi connectivity index (χ4v) is 8.43. The Hall–Kier alpha value is -5.61. The van der Waals surface area contributed by atoms with E-state index in [-0.39, 0.29) is 23.7 Å². The van der Waals surface area contributed by atoms with Gasteiger partial charge in [0.2, 0.25) is 23.7 Å². The van der Waals surface area contributed by atoms with Crippen LogP contribution in [0.2, 0.25) is 0 Å². The monoisotopic (exact) mass is 750 g/mol. The highest BCUT2D eigenvalue weighted by Crippen LogP contribution is 2.40. The first-order valence-corrected chi connectivity index (χ1v) is 19.0. The Morgan fingerprint density at radius 3 is 1.98 bits per heavy atom. The molecule has 5 heterocycles. The number of hydrogen-bond donors (Lipinski definition) is 3. The number of aliphatic imine (C=N–C) groups is 2. The normalized spacial score (nSPS) is 26.8. The number of benzene rings is 2. The van der Waals surface area contributed by atoms with Gasteiger partial charge >= 0.3 is 0 Å². The molecule has 3 unspecified atom stereocenters. The average Bonchev–Trinajstić information content (AvgIpc) is 3.87. The molecular formula is C39H50N12O4. The standard InChI is InChI=1S/C39H50N12O4/c1-6-24-22-46(3)51-16-13-27-21-42-45-28(27)17-23(2)18-33(52)43-38-47(4)31-19-25(35(40)53)9-11-29(31)49(38)14-7-8-15-50-30-12-10-26(36(41)54)20-32(30)48(5)39(50)44-37(55)34(24)51/h9-12,18-20,24,27,34,42H,6-8,13-17,21-22H2,1-5H3,(H2,40,53)(H2,41,54)/b23-18-,43-38-,44-39+. The lowest BCUT2D eigenvalue weighted by atomic mass is 9.94. The van der Waals surface area contributed by atoms with Crippen LogP contribution in [0.5, 0.6) is 0 Å². The number of primary amides is 2. The molecule has 0 aliphatic carbocycles. The summed E-state index contributed by atoms with van der Waals surface area (Å²) < 4.78 is 0. The summed E-state index contributed by atoms with van der Waals surface area (Å²) in [5, 5.41) is 8.91. The van der Waals surface area contributed by atoms with Gasteiger partial charge in [0.15, 0.2) is 0 Å². The summed E-state index contributed by atoms with van der Waals surface area (Å²) in [5.74, 6) is -0.532. The number of guanidine groups is 2. The molecule has 2 aromatic rings. The molecule has 55 heavy (non-hydrogen) atoms. The van der Waals surface area contributed by atoms with Crippen molar-refractivity contribution < 1.29 is 19.2 Å². The van der Waals surface area contributed by atoms with Crippen molar-refractivity contribution in [3.8, 4) is 0 Å². The van der Waals surface area contributed by atoms with Gasteiger partial charge in [0.25, 0.3) is 11.8 Å². The van der Waals surface area contributed by atoms with Gasteiger partial charge in [0.1, 0.15) is 6.04 Å². The lowest BCUT2D eigenvalue weighted by molar-refractivity contribution is -0.126. The van der Waals surface area contributed by atoms with Crippen LogP contribution in [0.1, 0.15) is 66.7 Å². The van der Waals surface area contributed by atoms with Crippen LogP contribution in [0, 0.1) is 11.8 Å². The topological polar surface area (TPSA) is 189 Å². The number of rotatable bonds is 3. The van der Waals surface area contributed by atoms with Crippen LogP contribution >= 0.6 is 0 Å². The molecule has 5 aliphatic rings. The SMILES string of the molecule is CCC1CN(C)N2CCC3CNN=C3C/C(C)=C\C(=O)/N=C3/N(C)c4cc(C(N)=O)ccc4N3CCCCN3/C(=N/C(=O)C12)N(C)c1cc(C(N)=O)ccc13. The number of carbonyl (C=O) groups is 4. The molecule has 4 amide bonds. The van der Waals surface area contributed by atoms with Gasteiger partial charge in [-0.1, -0.05) is 12.5 Å². The first-order valence-electron chi connectivity index (χ1n) is 19.0. The van der Waals surface area contributed by atoms with E-state index in [4.69, 9.17) is 16.5 Å². The molecule has 5 aliphatic heterocycles. The van der Waals surface area contributed by atoms with Gasteiger partial charge in [-0.3, -0.25) is 19.2 Å². The molecule has 3 atom stereocenters. The predicted molar refractivity (Wildman–Crippen MR) is 214 cm³/mol. The molecule has 0 radical (unpaired) electrons. The Balaban J connectivity index is 1.27. The number of allylic oxidation sites excluding steroid dienone is 1. The molecule has 1 fully saturated rings. The van der Waals surface area contributed by atoms with E-state index in [1.807, 2.05) is 59.8 Å². The third-order valence-electron chi connectivity index (χ3n) is 11.4. The van der Waals surface area contributed by atoms with Gasteiger partial charge in [0, 0.05) is 89.1 Å². The van der Waals surface area contributed by atoms with Gasteiger partial charge in [-0.2, -0.15) is 15.1 Å². The molecule has 0 bridgehead atoms. The molecule has 0 aromatic heterocycles. The first-order chi connectivity index (χ1) is 26.4. The molecule has 0 saturated carbocycles. The number of fused-ring (bicyclic) bond motifs is 8. The molecule has 2 aromatic carbocycles. The third-order valence-corrected chi connectivity index (χ3v) is 11.4. The molecule has 1 saturated heterocycles. The number of carbonyl (C=O) groups excluding carboxylic acids is 4. The summed E-state index contributed by atoms with van der Waals surface area (Å²) in [5.41, 5.74) is 20.1. The van der Waals surface area contributed by atoms with E-state index in [0.29, 0.717) is 68.5 Å². The number of hydrazine groups is 1. The van der Waals surface area contributed by atoms with Crippen LogP contribution in [0.4, 0.5) is 22.7 Å². The zero-order valence-corrected chi connectivity index (χ0v) is 32.2. The summed E-state index contributed by atoms with van der Waals surface area (Å²) in [6.45, 7) is 7.11. The van der Waals surface area contributed by atoms with Crippen LogP contribution < -0.4 is 36.5 Å². The number of hydrogen-bond acceptors (Lipinski definition) is 12. The van der Waals surface area contributed by atoms with E-state index in [2.05, 4.69) is 32.5 Å². The van der Waals surface area contributed by atoms with E-state index in [1.165, 1.54) is 0 Å². The summed E-state index contributed by atoms with van der Waals surface area (Å²) >= 11 is 0. The van der Waals surface area contributed by atoms with Crippen molar-refractivity contribution in [2.45, 2.75) is 52.0 Å². The predicted octanol–water partition coefficient (Wildman–Crippen LogP) is 2.52. The minimum atomic E-state index is -0.544. The molecule has 16 nitrogen and oxygen atoms in total. The first kappa shape index (κ1) is 37.7. The van der Waals surface area contributed by atoms with Gasteiger partial charge in [-0.05, 0) is 74.9 Å².